The molecule has 0 bridgehead atoms. The number of aromatic nitrogens is 4. The lowest BCUT2D eigenvalue weighted by atomic mass is 10.0. The van der Waals surface area contributed by atoms with Crippen LogP contribution in [0.25, 0.3) is 11.0 Å². The van der Waals surface area contributed by atoms with Crippen LogP contribution in [0, 0.1) is 0 Å². The average molecular weight is 556 g/mol. The standard InChI is InChI=1S/C31H37N7O3/c1-3-36(4-2)25-15-13-24(14-16-25)30(31(40)33-20-26-10-8-18-41-26)37(21-23-9-7-17-32-19-23)29(39)22-38-28-12-6-5-11-27(28)34-35-38/h5-7,9,11-17,19,26,30H,3-4,8,10,18,20-22H2,1-2H3,(H,33,40)/t26-,30-/m1/s1. The summed E-state index contributed by atoms with van der Waals surface area (Å²) < 4.78 is 7.32. The van der Waals surface area contributed by atoms with Crippen LogP contribution < -0.4 is 10.2 Å². The molecule has 4 aromatic rings. The first-order valence-corrected chi connectivity index (χ1v) is 14.3. The third-order valence-electron chi connectivity index (χ3n) is 7.53. The van der Waals surface area contributed by atoms with E-state index in [1.165, 1.54) is 0 Å². The number of pyridine rings is 1. The normalized spacial score (nSPS) is 15.5. The Morgan fingerprint density at radius 1 is 1.07 bits per heavy atom. The molecule has 0 saturated carbocycles. The molecular weight excluding hydrogens is 518 g/mol. The number of rotatable bonds is 12. The number of ether oxygens (including phenoxy) is 1. The third-order valence-corrected chi connectivity index (χ3v) is 7.53. The molecule has 0 radical (unpaired) electrons. The summed E-state index contributed by atoms with van der Waals surface area (Å²) in [6.45, 7) is 7.21. The predicted octanol–water partition coefficient (Wildman–Crippen LogP) is 3.74. The van der Waals surface area contributed by atoms with Gasteiger partial charge in [0.05, 0.1) is 11.6 Å². The van der Waals surface area contributed by atoms with Crippen molar-refractivity contribution in [3.8, 4) is 0 Å². The molecule has 214 valence electrons. The van der Waals surface area contributed by atoms with Crippen LogP contribution >= 0.6 is 0 Å². The lowest BCUT2D eigenvalue weighted by Gasteiger charge is -2.32. The van der Waals surface area contributed by atoms with Gasteiger partial charge in [-0.15, -0.1) is 5.10 Å². The van der Waals surface area contributed by atoms with Crippen molar-refractivity contribution in [1.82, 2.24) is 30.2 Å². The Kier molecular flexibility index (Phi) is 9.20. The van der Waals surface area contributed by atoms with Gasteiger partial charge in [0, 0.05) is 50.9 Å². The van der Waals surface area contributed by atoms with E-state index in [4.69, 9.17) is 4.74 Å². The van der Waals surface area contributed by atoms with E-state index in [1.807, 2.05) is 60.7 Å². The Morgan fingerprint density at radius 3 is 2.59 bits per heavy atom. The quantitative estimate of drug-likeness (QED) is 0.284. The molecule has 2 atom stereocenters. The maximum Gasteiger partial charge on any atom is 0.247 e. The van der Waals surface area contributed by atoms with E-state index in [2.05, 4.69) is 39.4 Å². The Bertz CT molecular complexity index is 1430. The van der Waals surface area contributed by atoms with E-state index >= 15 is 0 Å². The summed E-state index contributed by atoms with van der Waals surface area (Å²) in [5.41, 5.74) is 4.08. The van der Waals surface area contributed by atoms with Crippen LogP contribution in [0.4, 0.5) is 5.69 Å². The van der Waals surface area contributed by atoms with Gasteiger partial charge in [0.1, 0.15) is 18.1 Å². The molecule has 1 N–H and O–H groups in total. The van der Waals surface area contributed by atoms with E-state index in [1.54, 1.807) is 22.0 Å². The van der Waals surface area contributed by atoms with Crippen LogP contribution in [-0.4, -0.2) is 69.0 Å². The van der Waals surface area contributed by atoms with Crippen LogP contribution in [0.2, 0.25) is 0 Å². The SMILES string of the molecule is CCN(CC)c1ccc([C@H](C(=O)NC[C@H]2CCCO2)N(Cc2cccnc2)C(=O)Cn2nnc3ccccc32)cc1. The second kappa shape index (κ2) is 13.4. The molecule has 5 rings (SSSR count). The molecule has 1 aliphatic heterocycles. The molecule has 0 unspecified atom stereocenters. The fourth-order valence-electron chi connectivity index (χ4n) is 5.31. The highest BCUT2D eigenvalue weighted by Gasteiger charge is 2.33. The van der Waals surface area contributed by atoms with E-state index < -0.39 is 6.04 Å². The van der Waals surface area contributed by atoms with E-state index in [0.717, 1.165) is 48.3 Å². The zero-order valence-corrected chi connectivity index (χ0v) is 23.6. The fourth-order valence-corrected chi connectivity index (χ4v) is 5.31. The van der Waals surface area contributed by atoms with Gasteiger partial charge in [0.15, 0.2) is 0 Å². The maximum atomic E-state index is 14.1. The number of benzene rings is 2. The topological polar surface area (TPSA) is 105 Å². The summed E-state index contributed by atoms with van der Waals surface area (Å²) in [6, 6.07) is 18.3. The van der Waals surface area contributed by atoms with Crippen molar-refractivity contribution >= 4 is 28.5 Å². The molecule has 2 aromatic carbocycles. The van der Waals surface area contributed by atoms with Crippen molar-refractivity contribution in [2.45, 2.75) is 51.9 Å². The molecule has 10 heteroatoms. The van der Waals surface area contributed by atoms with Crippen LogP contribution in [0.3, 0.4) is 0 Å². The minimum atomic E-state index is -0.871. The fraction of sp³-hybridized carbons (Fsp3) is 0.387. The monoisotopic (exact) mass is 555 g/mol. The van der Waals surface area contributed by atoms with Gasteiger partial charge in [0.2, 0.25) is 11.8 Å². The Labute approximate surface area is 240 Å². The molecule has 1 saturated heterocycles. The number of carbonyl (C=O) groups excluding carboxylic acids is 2. The minimum Gasteiger partial charge on any atom is -0.376 e. The van der Waals surface area contributed by atoms with Gasteiger partial charge in [0.25, 0.3) is 0 Å². The van der Waals surface area contributed by atoms with Crippen LogP contribution in [0.1, 0.15) is 43.9 Å². The van der Waals surface area contributed by atoms with Gasteiger partial charge in [-0.05, 0) is 68.1 Å². The van der Waals surface area contributed by atoms with Crippen LogP contribution in [-0.2, 0) is 27.4 Å². The number of anilines is 1. The number of carbonyl (C=O) groups is 2. The lowest BCUT2D eigenvalue weighted by molar-refractivity contribution is -0.142. The highest BCUT2D eigenvalue weighted by molar-refractivity contribution is 5.89. The van der Waals surface area contributed by atoms with Crippen LogP contribution in [0.15, 0.2) is 73.1 Å². The number of nitrogens with zero attached hydrogens (tertiary/aromatic N) is 6. The highest BCUT2D eigenvalue weighted by atomic mass is 16.5. The minimum absolute atomic E-state index is 0.0198. The summed E-state index contributed by atoms with van der Waals surface area (Å²) >= 11 is 0. The van der Waals surface area contributed by atoms with Crippen molar-refractivity contribution in [2.75, 3.05) is 31.1 Å². The molecular formula is C31H37N7O3. The van der Waals surface area contributed by atoms with Gasteiger partial charge in [-0.1, -0.05) is 35.5 Å². The smallest absolute Gasteiger partial charge is 0.247 e. The molecule has 2 amide bonds. The van der Waals surface area contributed by atoms with E-state index in [9.17, 15) is 9.59 Å². The Hall–Kier alpha value is -4.31. The molecule has 2 aromatic heterocycles. The number of hydrogen-bond acceptors (Lipinski definition) is 7. The molecule has 1 fully saturated rings. The molecule has 0 spiro atoms. The Balaban J connectivity index is 1.50. The zero-order chi connectivity index (χ0) is 28.6. The second-order valence-electron chi connectivity index (χ2n) is 10.2. The lowest BCUT2D eigenvalue weighted by Crippen LogP contribution is -2.46. The molecule has 1 aliphatic rings. The van der Waals surface area contributed by atoms with Crippen molar-refractivity contribution in [1.29, 1.82) is 0 Å². The van der Waals surface area contributed by atoms with Gasteiger partial charge in [-0.2, -0.15) is 0 Å². The summed E-state index contributed by atoms with van der Waals surface area (Å²) in [5, 5.41) is 11.5. The first-order chi connectivity index (χ1) is 20.1. The molecule has 0 aliphatic carbocycles. The van der Waals surface area contributed by atoms with Gasteiger partial charge in [-0.3, -0.25) is 14.6 Å². The highest BCUT2D eigenvalue weighted by Crippen LogP contribution is 2.27. The first-order valence-electron chi connectivity index (χ1n) is 14.3. The van der Waals surface area contributed by atoms with Gasteiger partial charge >= 0.3 is 0 Å². The van der Waals surface area contributed by atoms with Crippen molar-refractivity contribution in [3.63, 3.8) is 0 Å². The average Bonchev–Trinajstić information content (AvgIpc) is 3.68. The number of nitrogens with one attached hydrogen (secondary N) is 1. The van der Waals surface area contributed by atoms with E-state index in [-0.39, 0.29) is 31.0 Å². The summed E-state index contributed by atoms with van der Waals surface area (Å²) in [7, 11) is 0. The predicted molar refractivity (Wildman–Crippen MR) is 157 cm³/mol. The summed E-state index contributed by atoms with van der Waals surface area (Å²) in [4.78, 5) is 36.2. The van der Waals surface area contributed by atoms with Crippen LogP contribution in [0.5, 0.6) is 0 Å². The summed E-state index contributed by atoms with van der Waals surface area (Å²) in [6.07, 6.45) is 5.27. The zero-order valence-electron chi connectivity index (χ0n) is 23.6. The number of fused-ring (bicyclic) bond motifs is 1. The van der Waals surface area contributed by atoms with Crippen molar-refractivity contribution in [3.05, 3.63) is 84.2 Å². The second-order valence-corrected chi connectivity index (χ2v) is 10.2. The number of amides is 2. The largest absolute Gasteiger partial charge is 0.376 e. The number of hydrogen-bond donors (Lipinski definition) is 1. The Morgan fingerprint density at radius 2 is 1.88 bits per heavy atom. The van der Waals surface area contributed by atoms with E-state index in [0.29, 0.717) is 18.7 Å². The molecule has 41 heavy (non-hydrogen) atoms. The molecule has 10 nitrogen and oxygen atoms in total. The number of para-hydroxylation sites is 1. The van der Waals surface area contributed by atoms with Crippen molar-refractivity contribution in [2.24, 2.45) is 0 Å². The first kappa shape index (κ1) is 28.2. The summed E-state index contributed by atoms with van der Waals surface area (Å²) in [5.74, 6) is -0.508. The maximum absolute atomic E-state index is 14.1. The third kappa shape index (κ3) is 6.71. The van der Waals surface area contributed by atoms with Gasteiger partial charge in [-0.25, -0.2) is 4.68 Å². The van der Waals surface area contributed by atoms with Crippen molar-refractivity contribution < 1.29 is 14.3 Å². The molecule has 3 heterocycles. The van der Waals surface area contributed by atoms with Gasteiger partial charge < -0.3 is 19.9 Å².